The van der Waals surface area contributed by atoms with E-state index in [2.05, 4.69) is 0 Å². The Labute approximate surface area is 160 Å². The van der Waals surface area contributed by atoms with E-state index in [-0.39, 0.29) is 37.4 Å². The standard InChI is InChI=1S/C15H31BN4O6S/c1-10(2)7-20(13-6-12(13)17)27(25,26)19-8-11(4-3-5-16(23)24)15(18,9-19)14(21)22/h10-13,23-24H,3-9,17-18H2,1-2H3,(H,21,22)/t11-,12?,13?,15-/m0/s1. The van der Waals surface area contributed by atoms with E-state index in [1.54, 1.807) is 0 Å². The molecule has 0 aromatic carbocycles. The fourth-order valence-corrected chi connectivity index (χ4v) is 5.76. The molecule has 4 atom stereocenters. The highest BCUT2D eigenvalue weighted by atomic mass is 32.2. The largest absolute Gasteiger partial charge is 0.480 e. The van der Waals surface area contributed by atoms with E-state index in [0.717, 1.165) is 4.31 Å². The molecule has 0 radical (unpaired) electrons. The number of aliphatic carboxylic acids is 1. The zero-order valence-electron chi connectivity index (χ0n) is 15.9. The molecule has 10 nitrogen and oxygen atoms in total. The molecule has 0 aromatic heterocycles. The first-order valence-electron chi connectivity index (χ1n) is 9.30. The van der Waals surface area contributed by atoms with E-state index in [1.807, 2.05) is 13.8 Å². The molecule has 12 heteroatoms. The Morgan fingerprint density at radius 3 is 2.44 bits per heavy atom. The van der Waals surface area contributed by atoms with E-state index in [0.29, 0.717) is 25.8 Å². The Balaban J connectivity index is 2.19. The summed E-state index contributed by atoms with van der Waals surface area (Å²) in [4.78, 5) is 11.8. The molecule has 7 N–H and O–H groups in total. The smallest absolute Gasteiger partial charge is 0.451 e. The predicted octanol–water partition coefficient (Wildman–Crippen LogP) is -1.74. The number of carboxylic acid groups (broad SMARTS) is 1. The van der Waals surface area contributed by atoms with Crippen LogP contribution in [0.15, 0.2) is 0 Å². The molecule has 2 aliphatic rings. The second-order valence-corrected chi connectivity index (χ2v) is 10.1. The van der Waals surface area contributed by atoms with Crippen LogP contribution >= 0.6 is 0 Å². The van der Waals surface area contributed by atoms with E-state index in [4.69, 9.17) is 21.5 Å². The van der Waals surface area contributed by atoms with Crippen LogP contribution in [0.4, 0.5) is 0 Å². The lowest BCUT2D eigenvalue weighted by Crippen LogP contribution is -2.55. The van der Waals surface area contributed by atoms with Crippen LogP contribution in [0.3, 0.4) is 0 Å². The van der Waals surface area contributed by atoms with Crippen LogP contribution in [0.2, 0.25) is 6.32 Å². The normalized spacial score (nSPS) is 31.6. The van der Waals surface area contributed by atoms with E-state index in [1.165, 1.54) is 4.31 Å². The van der Waals surface area contributed by atoms with E-state index < -0.39 is 34.8 Å². The molecule has 1 saturated heterocycles. The molecule has 27 heavy (non-hydrogen) atoms. The second-order valence-electron chi connectivity index (χ2n) is 8.18. The summed E-state index contributed by atoms with van der Waals surface area (Å²) in [5.74, 6) is -1.77. The minimum Gasteiger partial charge on any atom is -0.480 e. The number of hydrogen-bond donors (Lipinski definition) is 5. The number of carbonyl (C=O) groups is 1. The van der Waals surface area contributed by atoms with Gasteiger partial charge in [-0.05, 0) is 25.1 Å². The number of rotatable bonds is 10. The lowest BCUT2D eigenvalue weighted by molar-refractivity contribution is -0.144. The van der Waals surface area contributed by atoms with Crippen molar-refractivity contribution in [2.24, 2.45) is 23.3 Å². The van der Waals surface area contributed by atoms with Crippen molar-refractivity contribution in [1.82, 2.24) is 8.61 Å². The fourth-order valence-electron chi connectivity index (χ4n) is 3.65. The molecule has 1 saturated carbocycles. The van der Waals surface area contributed by atoms with Crippen LogP contribution in [0.1, 0.15) is 33.1 Å². The molecule has 0 spiro atoms. The molecule has 0 aromatic rings. The third-order valence-electron chi connectivity index (χ3n) is 5.35. The van der Waals surface area contributed by atoms with Gasteiger partial charge in [0, 0.05) is 37.6 Å². The molecule has 2 fully saturated rings. The molecule has 1 aliphatic heterocycles. The fraction of sp³-hybridized carbons (Fsp3) is 0.933. The van der Waals surface area contributed by atoms with Gasteiger partial charge in [0.2, 0.25) is 0 Å². The van der Waals surface area contributed by atoms with Gasteiger partial charge in [-0.2, -0.15) is 17.0 Å². The summed E-state index contributed by atoms with van der Waals surface area (Å²) in [6.45, 7) is 3.81. The number of carboxylic acids is 1. The quantitative estimate of drug-likeness (QED) is 0.266. The highest BCUT2D eigenvalue weighted by Crippen LogP contribution is 2.36. The van der Waals surface area contributed by atoms with Crippen LogP contribution < -0.4 is 11.5 Å². The zero-order valence-corrected chi connectivity index (χ0v) is 16.7. The molecule has 156 valence electrons. The van der Waals surface area contributed by atoms with Crippen molar-refractivity contribution in [2.45, 2.75) is 57.1 Å². The summed E-state index contributed by atoms with van der Waals surface area (Å²) >= 11 is 0. The van der Waals surface area contributed by atoms with Crippen molar-refractivity contribution in [3.8, 4) is 0 Å². The Morgan fingerprint density at radius 2 is 2.00 bits per heavy atom. The monoisotopic (exact) mass is 406 g/mol. The zero-order chi connectivity index (χ0) is 20.6. The number of nitrogens with zero attached hydrogens (tertiary/aromatic N) is 2. The minimum atomic E-state index is -3.90. The van der Waals surface area contributed by atoms with Gasteiger partial charge >= 0.3 is 13.1 Å². The molecular weight excluding hydrogens is 375 g/mol. The van der Waals surface area contributed by atoms with Crippen LogP contribution in [-0.2, 0) is 15.0 Å². The molecule has 1 aliphatic carbocycles. The first-order chi connectivity index (χ1) is 12.4. The number of nitrogens with two attached hydrogens (primary N) is 2. The van der Waals surface area contributed by atoms with Gasteiger partial charge in [0.05, 0.1) is 0 Å². The lowest BCUT2D eigenvalue weighted by atomic mass is 9.78. The first kappa shape index (κ1) is 22.5. The summed E-state index contributed by atoms with van der Waals surface area (Å²) in [7, 11) is -5.38. The lowest BCUT2D eigenvalue weighted by Gasteiger charge is -2.29. The van der Waals surface area contributed by atoms with Crippen molar-refractivity contribution in [3.05, 3.63) is 0 Å². The topological polar surface area (TPSA) is 170 Å². The predicted molar refractivity (Wildman–Crippen MR) is 101 cm³/mol. The summed E-state index contributed by atoms with van der Waals surface area (Å²) in [5, 5.41) is 27.6. The third-order valence-corrected chi connectivity index (χ3v) is 7.29. The van der Waals surface area contributed by atoms with Crippen molar-refractivity contribution in [3.63, 3.8) is 0 Å². The summed E-state index contributed by atoms with van der Waals surface area (Å²) in [6, 6.07) is -0.469. The molecule has 2 rings (SSSR count). The van der Waals surface area contributed by atoms with E-state index in [9.17, 15) is 18.3 Å². The van der Waals surface area contributed by atoms with Crippen molar-refractivity contribution in [1.29, 1.82) is 0 Å². The van der Waals surface area contributed by atoms with Gasteiger partial charge in [0.1, 0.15) is 5.54 Å². The average Bonchev–Trinajstić information content (AvgIpc) is 3.14. The molecular formula is C15H31BN4O6S. The van der Waals surface area contributed by atoms with Crippen LogP contribution in [0, 0.1) is 11.8 Å². The second kappa shape index (κ2) is 8.32. The SMILES string of the molecule is CC(C)CN(C1CC1N)S(=O)(=O)N1C[C@H](CCCB(O)O)[C@](N)(C(=O)O)C1. The Kier molecular flexibility index (Phi) is 6.94. The Hall–Kier alpha value is -0.755. The van der Waals surface area contributed by atoms with Gasteiger partial charge in [-0.1, -0.05) is 20.3 Å². The summed E-state index contributed by atoms with van der Waals surface area (Å²) in [5.41, 5.74) is 10.3. The molecule has 1 heterocycles. The van der Waals surface area contributed by atoms with Gasteiger partial charge in [-0.25, -0.2) is 0 Å². The highest BCUT2D eigenvalue weighted by molar-refractivity contribution is 7.86. The summed E-state index contributed by atoms with van der Waals surface area (Å²) in [6.07, 6.45) is 1.30. The minimum absolute atomic E-state index is 0.0107. The maximum Gasteiger partial charge on any atom is 0.451 e. The van der Waals surface area contributed by atoms with Crippen molar-refractivity contribution < 1.29 is 28.4 Å². The van der Waals surface area contributed by atoms with Gasteiger partial charge in [-0.3, -0.25) is 4.79 Å². The third kappa shape index (κ3) is 5.00. The average molecular weight is 406 g/mol. The van der Waals surface area contributed by atoms with Crippen LogP contribution in [0.5, 0.6) is 0 Å². The van der Waals surface area contributed by atoms with Crippen LogP contribution in [-0.4, -0.2) is 82.5 Å². The Morgan fingerprint density at radius 1 is 1.41 bits per heavy atom. The van der Waals surface area contributed by atoms with Gasteiger partial charge in [-0.15, -0.1) is 0 Å². The van der Waals surface area contributed by atoms with Gasteiger partial charge in [0.15, 0.2) is 0 Å². The highest BCUT2D eigenvalue weighted by Gasteiger charge is 2.55. The Bertz CT molecular complexity index is 648. The van der Waals surface area contributed by atoms with E-state index >= 15 is 0 Å². The first-order valence-corrected chi connectivity index (χ1v) is 10.7. The van der Waals surface area contributed by atoms with Crippen molar-refractivity contribution >= 4 is 23.3 Å². The van der Waals surface area contributed by atoms with Gasteiger partial charge in [0.25, 0.3) is 10.2 Å². The van der Waals surface area contributed by atoms with Crippen LogP contribution in [0.25, 0.3) is 0 Å². The van der Waals surface area contributed by atoms with Crippen molar-refractivity contribution in [2.75, 3.05) is 19.6 Å². The maximum absolute atomic E-state index is 13.2. The molecule has 2 unspecified atom stereocenters. The molecule has 0 amide bonds. The molecule has 0 bridgehead atoms. The van der Waals surface area contributed by atoms with Gasteiger partial charge < -0.3 is 26.6 Å². The summed E-state index contributed by atoms with van der Waals surface area (Å²) < 4.78 is 28.9. The maximum atomic E-state index is 13.2. The number of hydrogen-bond acceptors (Lipinski definition) is 7.